The molecular formula is C16H16F3N3O3S. The Hall–Kier alpha value is -2.46. The molecule has 1 aromatic heterocycles. The van der Waals surface area contributed by atoms with Crippen LogP contribution < -0.4 is 10.0 Å². The maximum absolute atomic E-state index is 12.9. The molecule has 2 N–H and O–H groups in total. The number of amides is 1. The van der Waals surface area contributed by atoms with Gasteiger partial charge in [-0.1, -0.05) is 18.2 Å². The maximum Gasteiger partial charge on any atom is 0.417 e. The average Bonchev–Trinajstić information content (AvgIpc) is 2.56. The highest BCUT2D eigenvalue weighted by atomic mass is 32.2. The molecule has 2 rings (SSSR count). The number of hydrogen-bond acceptors (Lipinski definition) is 4. The average molecular weight is 387 g/mol. The Morgan fingerprint density at radius 2 is 1.85 bits per heavy atom. The molecule has 0 aliphatic heterocycles. The van der Waals surface area contributed by atoms with Gasteiger partial charge in [-0.25, -0.2) is 18.1 Å². The third kappa shape index (κ3) is 5.02. The van der Waals surface area contributed by atoms with Crippen LogP contribution in [-0.2, 0) is 21.0 Å². The number of sulfonamides is 1. The summed E-state index contributed by atoms with van der Waals surface area (Å²) in [7, 11) is -4.42. The molecule has 1 aromatic carbocycles. The van der Waals surface area contributed by atoms with E-state index in [1.165, 1.54) is 12.3 Å². The van der Waals surface area contributed by atoms with E-state index in [1.54, 1.807) is 19.1 Å². The van der Waals surface area contributed by atoms with Gasteiger partial charge in [0.1, 0.15) is 5.82 Å². The highest BCUT2D eigenvalue weighted by molar-refractivity contribution is 7.89. The molecule has 1 amide bonds. The monoisotopic (exact) mass is 387 g/mol. The molecule has 0 unspecified atom stereocenters. The van der Waals surface area contributed by atoms with Crippen LogP contribution in [-0.4, -0.2) is 25.9 Å². The van der Waals surface area contributed by atoms with Gasteiger partial charge in [-0.3, -0.25) is 4.79 Å². The molecule has 26 heavy (non-hydrogen) atoms. The Kier molecular flexibility index (Phi) is 5.98. The van der Waals surface area contributed by atoms with Crippen LogP contribution in [0, 0.1) is 6.92 Å². The van der Waals surface area contributed by atoms with Crippen molar-refractivity contribution in [2.75, 3.05) is 11.9 Å². The molecule has 0 saturated carbocycles. The Morgan fingerprint density at radius 3 is 2.50 bits per heavy atom. The van der Waals surface area contributed by atoms with Gasteiger partial charge in [0.25, 0.3) is 0 Å². The molecule has 140 valence electrons. The first-order valence-electron chi connectivity index (χ1n) is 7.48. The van der Waals surface area contributed by atoms with Gasteiger partial charge in [0.15, 0.2) is 0 Å². The van der Waals surface area contributed by atoms with Crippen LogP contribution in [0.5, 0.6) is 0 Å². The van der Waals surface area contributed by atoms with Crippen molar-refractivity contribution in [1.82, 2.24) is 9.71 Å². The van der Waals surface area contributed by atoms with Crippen molar-refractivity contribution in [1.29, 1.82) is 0 Å². The van der Waals surface area contributed by atoms with E-state index in [0.29, 0.717) is 11.9 Å². The first-order valence-corrected chi connectivity index (χ1v) is 8.97. The minimum absolute atomic E-state index is 0.260. The molecule has 0 bridgehead atoms. The normalized spacial score (nSPS) is 12.0. The molecule has 0 atom stereocenters. The number of carbonyl (C=O) groups is 1. The number of benzene rings is 1. The molecule has 0 fully saturated rings. The number of nitrogens with zero attached hydrogens (tertiary/aromatic N) is 1. The number of alkyl halides is 3. The van der Waals surface area contributed by atoms with Crippen LogP contribution in [0.15, 0.2) is 47.5 Å². The van der Waals surface area contributed by atoms with E-state index in [4.69, 9.17) is 0 Å². The number of rotatable bonds is 6. The van der Waals surface area contributed by atoms with Gasteiger partial charge in [0, 0.05) is 19.2 Å². The Morgan fingerprint density at radius 1 is 1.15 bits per heavy atom. The highest BCUT2D eigenvalue weighted by Crippen LogP contribution is 2.33. The lowest BCUT2D eigenvalue weighted by Crippen LogP contribution is -2.29. The number of halogens is 3. The topological polar surface area (TPSA) is 88.2 Å². The molecule has 2 aromatic rings. The largest absolute Gasteiger partial charge is 0.417 e. The van der Waals surface area contributed by atoms with Crippen LogP contribution >= 0.6 is 0 Å². The van der Waals surface area contributed by atoms with Crippen molar-refractivity contribution in [3.8, 4) is 0 Å². The van der Waals surface area contributed by atoms with Crippen LogP contribution in [0.2, 0.25) is 0 Å². The zero-order valence-corrected chi connectivity index (χ0v) is 14.5. The minimum Gasteiger partial charge on any atom is -0.310 e. The SMILES string of the molecule is Cc1cccnc1NC(=O)CCNS(=O)(=O)c1ccccc1C(F)(F)F. The molecular weight excluding hydrogens is 371 g/mol. The fraction of sp³-hybridized carbons (Fsp3) is 0.250. The number of carbonyl (C=O) groups excluding carboxylic acids is 1. The Labute approximate surface area is 148 Å². The molecule has 0 aliphatic rings. The smallest absolute Gasteiger partial charge is 0.310 e. The van der Waals surface area contributed by atoms with E-state index in [1.807, 2.05) is 4.72 Å². The quantitative estimate of drug-likeness (QED) is 0.798. The van der Waals surface area contributed by atoms with Crippen molar-refractivity contribution < 1.29 is 26.4 Å². The van der Waals surface area contributed by atoms with Gasteiger partial charge in [-0.05, 0) is 30.7 Å². The van der Waals surface area contributed by atoms with Crippen molar-refractivity contribution in [3.05, 3.63) is 53.7 Å². The standard InChI is InChI=1S/C16H16F3N3O3S/c1-11-5-4-9-20-15(11)22-14(23)8-10-21-26(24,25)13-7-3-2-6-12(13)16(17,18)19/h2-7,9,21H,8,10H2,1H3,(H,20,22,23). The van der Waals surface area contributed by atoms with E-state index in [0.717, 1.165) is 17.7 Å². The Bertz CT molecular complexity index is 899. The van der Waals surface area contributed by atoms with Gasteiger partial charge in [0.05, 0.1) is 10.5 Å². The summed E-state index contributed by atoms with van der Waals surface area (Å²) in [5.74, 6) is -0.179. The van der Waals surface area contributed by atoms with Crippen molar-refractivity contribution in [3.63, 3.8) is 0 Å². The molecule has 0 saturated heterocycles. The number of nitrogens with one attached hydrogen (secondary N) is 2. The van der Waals surface area contributed by atoms with Gasteiger partial charge >= 0.3 is 6.18 Å². The molecule has 0 radical (unpaired) electrons. The fourth-order valence-corrected chi connectivity index (χ4v) is 3.38. The summed E-state index contributed by atoms with van der Waals surface area (Å²) in [6, 6.07) is 7.27. The maximum atomic E-state index is 12.9. The van der Waals surface area contributed by atoms with E-state index in [2.05, 4.69) is 10.3 Å². The summed E-state index contributed by atoms with van der Waals surface area (Å²) in [5.41, 5.74) is -0.540. The molecule has 10 heteroatoms. The zero-order valence-electron chi connectivity index (χ0n) is 13.7. The van der Waals surface area contributed by atoms with Crippen LogP contribution in [0.4, 0.5) is 19.0 Å². The second-order valence-electron chi connectivity index (χ2n) is 5.36. The summed E-state index contributed by atoms with van der Waals surface area (Å²) in [4.78, 5) is 14.9. The number of aromatic nitrogens is 1. The predicted molar refractivity (Wildman–Crippen MR) is 88.9 cm³/mol. The molecule has 0 aliphatic carbocycles. The minimum atomic E-state index is -4.81. The summed E-state index contributed by atoms with van der Waals surface area (Å²) in [6.45, 7) is 1.38. The van der Waals surface area contributed by atoms with Crippen molar-refractivity contribution in [2.24, 2.45) is 0 Å². The molecule has 1 heterocycles. The van der Waals surface area contributed by atoms with Crippen LogP contribution in [0.1, 0.15) is 17.5 Å². The molecule has 6 nitrogen and oxygen atoms in total. The van der Waals surface area contributed by atoms with Crippen LogP contribution in [0.25, 0.3) is 0 Å². The van der Waals surface area contributed by atoms with Gasteiger partial charge in [-0.15, -0.1) is 0 Å². The van der Waals surface area contributed by atoms with E-state index in [9.17, 15) is 26.4 Å². The van der Waals surface area contributed by atoms with Crippen molar-refractivity contribution >= 4 is 21.7 Å². The highest BCUT2D eigenvalue weighted by Gasteiger charge is 2.36. The lowest BCUT2D eigenvalue weighted by molar-refractivity contribution is -0.139. The van der Waals surface area contributed by atoms with Gasteiger partial charge in [0.2, 0.25) is 15.9 Å². The number of anilines is 1. The third-order valence-corrected chi connectivity index (χ3v) is 4.91. The second-order valence-corrected chi connectivity index (χ2v) is 7.09. The van der Waals surface area contributed by atoms with Gasteiger partial charge < -0.3 is 5.32 Å². The van der Waals surface area contributed by atoms with E-state index in [-0.39, 0.29) is 13.0 Å². The first kappa shape index (κ1) is 19.9. The first-order chi connectivity index (χ1) is 12.1. The lowest BCUT2D eigenvalue weighted by Gasteiger charge is -2.13. The van der Waals surface area contributed by atoms with Crippen LogP contribution in [0.3, 0.4) is 0 Å². The molecule has 0 spiro atoms. The van der Waals surface area contributed by atoms with E-state index < -0.39 is 32.6 Å². The third-order valence-electron chi connectivity index (χ3n) is 3.39. The van der Waals surface area contributed by atoms with E-state index >= 15 is 0 Å². The zero-order chi connectivity index (χ0) is 19.4. The number of pyridine rings is 1. The second kappa shape index (κ2) is 7.83. The van der Waals surface area contributed by atoms with Crippen molar-refractivity contribution in [2.45, 2.75) is 24.4 Å². The predicted octanol–water partition coefficient (Wildman–Crippen LogP) is 2.72. The lowest BCUT2D eigenvalue weighted by atomic mass is 10.2. The Balaban J connectivity index is 2.01. The fourth-order valence-electron chi connectivity index (χ4n) is 2.12. The van der Waals surface area contributed by atoms with Gasteiger partial charge in [-0.2, -0.15) is 13.2 Å². The number of hydrogen-bond donors (Lipinski definition) is 2. The summed E-state index contributed by atoms with van der Waals surface area (Å²) < 4.78 is 65.1. The summed E-state index contributed by atoms with van der Waals surface area (Å²) in [6.07, 6.45) is -3.58. The summed E-state index contributed by atoms with van der Waals surface area (Å²) >= 11 is 0. The summed E-state index contributed by atoms with van der Waals surface area (Å²) in [5, 5.41) is 2.51. The number of aryl methyl sites for hydroxylation is 1.